The minimum Gasteiger partial charge on any atom is -0.320 e. The molecule has 0 saturated carbocycles. The first-order chi connectivity index (χ1) is 9.25. The molecule has 3 heteroatoms. The summed E-state index contributed by atoms with van der Waals surface area (Å²) in [5, 5.41) is 3.42. The summed E-state index contributed by atoms with van der Waals surface area (Å²) in [7, 11) is 0. The molecule has 0 radical (unpaired) electrons. The SMILES string of the molecule is Cc1cc2ccccn2c1C(C)CN1CCNCC1. The third-order valence-corrected chi connectivity index (χ3v) is 4.13. The van der Waals surface area contributed by atoms with Crippen molar-refractivity contribution in [2.24, 2.45) is 0 Å². The Kier molecular flexibility index (Phi) is 3.58. The van der Waals surface area contributed by atoms with E-state index in [-0.39, 0.29) is 0 Å². The number of hydrogen-bond acceptors (Lipinski definition) is 2. The van der Waals surface area contributed by atoms with Crippen LogP contribution >= 0.6 is 0 Å². The second kappa shape index (κ2) is 5.35. The summed E-state index contributed by atoms with van der Waals surface area (Å²) in [4.78, 5) is 2.57. The van der Waals surface area contributed by atoms with Crippen LogP contribution in [0.3, 0.4) is 0 Å². The molecule has 1 unspecified atom stereocenters. The number of pyridine rings is 1. The van der Waals surface area contributed by atoms with Crippen molar-refractivity contribution in [3.05, 3.63) is 41.7 Å². The zero-order valence-corrected chi connectivity index (χ0v) is 11.9. The van der Waals surface area contributed by atoms with Crippen molar-refractivity contribution in [3.8, 4) is 0 Å². The van der Waals surface area contributed by atoms with Crippen molar-refractivity contribution in [1.29, 1.82) is 0 Å². The second-order valence-corrected chi connectivity index (χ2v) is 5.66. The lowest BCUT2D eigenvalue weighted by atomic mass is 10.0. The van der Waals surface area contributed by atoms with Gasteiger partial charge in [-0.2, -0.15) is 0 Å². The Morgan fingerprint density at radius 1 is 1.26 bits per heavy atom. The molecule has 2 aromatic heterocycles. The van der Waals surface area contributed by atoms with Crippen molar-refractivity contribution in [1.82, 2.24) is 14.6 Å². The molecule has 1 atom stereocenters. The minimum atomic E-state index is 0.572. The van der Waals surface area contributed by atoms with E-state index in [1.54, 1.807) is 0 Å². The van der Waals surface area contributed by atoms with E-state index < -0.39 is 0 Å². The molecule has 1 aliphatic heterocycles. The maximum absolute atomic E-state index is 3.42. The van der Waals surface area contributed by atoms with Crippen molar-refractivity contribution in [2.75, 3.05) is 32.7 Å². The standard InChI is InChI=1S/C16H23N3/c1-13-11-15-5-3-4-8-19(15)16(13)14(2)12-18-9-6-17-7-10-18/h3-5,8,11,14,17H,6-7,9-10,12H2,1-2H3. The molecule has 1 fully saturated rings. The molecule has 0 spiro atoms. The molecular formula is C16H23N3. The van der Waals surface area contributed by atoms with Crippen LogP contribution in [0.15, 0.2) is 30.5 Å². The number of rotatable bonds is 3. The van der Waals surface area contributed by atoms with E-state index in [2.05, 4.69) is 58.9 Å². The Morgan fingerprint density at radius 2 is 2.05 bits per heavy atom. The van der Waals surface area contributed by atoms with E-state index >= 15 is 0 Å². The van der Waals surface area contributed by atoms with Crippen molar-refractivity contribution in [2.45, 2.75) is 19.8 Å². The van der Waals surface area contributed by atoms with Gasteiger partial charge in [0, 0.05) is 56.0 Å². The predicted molar refractivity (Wildman–Crippen MR) is 79.9 cm³/mol. The molecule has 1 N–H and O–H groups in total. The van der Waals surface area contributed by atoms with E-state index in [4.69, 9.17) is 0 Å². The highest BCUT2D eigenvalue weighted by Crippen LogP contribution is 2.24. The smallest absolute Gasteiger partial charge is 0.0455 e. The fourth-order valence-electron chi connectivity index (χ4n) is 3.27. The van der Waals surface area contributed by atoms with Gasteiger partial charge in [-0.05, 0) is 30.7 Å². The quantitative estimate of drug-likeness (QED) is 0.910. The highest BCUT2D eigenvalue weighted by atomic mass is 15.2. The molecule has 0 aromatic carbocycles. The summed E-state index contributed by atoms with van der Waals surface area (Å²) < 4.78 is 2.35. The average Bonchev–Trinajstić information content (AvgIpc) is 2.75. The maximum Gasteiger partial charge on any atom is 0.0455 e. The fourth-order valence-corrected chi connectivity index (χ4v) is 3.27. The van der Waals surface area contributed by atoms with Crippen molar-refractivity contribution >= 4 is 5.52 Å². The maximum atomic E-state index is 3.42. The van der Waals surface area contributed by atoms with Gasteiger partial charge in [-0.15, -0.1) is 0 Å². The zero-order valence-electron chi connectivity index (χ0n) is 11.9. The number of aromatic nitrogens is 1. The van der Waals surface area contributed by atoms with E-state index in [0.29, 0.717) is 5.92 Å². The molecule has 19 heavy (non-hydrogen) atoms. The van der Waals surface area contributed by atoms with Gasteiger partial charge in [0.2, 0.25) is 0 Å². The Bertz CT molecular complexity index is 552. The Morgan fingerprint density at radius 3 is 2.84 bits per heavy atom. The lowest BCUT2D eigenvalue weighted by Crippen LogP contribution is -2.44. The van der Waals surface area contributed by atoms with Gasteiger partial charge in [0.1, 0.15) is 0 Å². The first-order valence-corrected chi connectivity index (χ1v) is 7.25. The topological polar surface area (TPSA) is 19.7 Å². The van der Waals surface area contributed by atoms with Crippen LogP contribution in [0.1, 0.15) is 24.1 Å². The monoisotopic (exact) mass is 257 g/mol. The highest BCUT2D eigenvalue weighted by molar-refractivity contribution is 5.53. The van der Waals surface area contributed by atoms with Crippen LogP contribution in [0.2, 0.25) is 0 Å². The Balaban J connectivity index is 1.84. The van der Waals surface area contributed by atoms with Crippen LogP contribution in [-0.2, 0) is 0 Å². The number of aryl methyl sites for hydroxylation is 1. The molecule has 1 aliphatic rings. The van der Waals surface area contributed by atoms with Crippen LogP contribution in [0.5, 0.6) is 0 Å². The largest absolute Gasteiger partial charge is 0.320 e. The first-order valence-electron chi connectivity index (χ1n) is 7.25. The van der Waals surface area contributed by atoms with Gasteiger partial charge in [0.15, 0.2) is 0 Å². The summed E-state index contributed by atoms with van der Waals surface area (Å²) in [5.74, 6) is 0.572. The Hall–Kier alpha value is -1.32. The lowest BCUT2D eigenvalue weighted by molar-refractivity contribution is 0.229. The Labute approximate surface area is 115 Å². The predicted octanol–water partition coefficient (Wildman–Crippen LogP) is 2.26. The summed E-state index contributed by atoms with van der Waals surface area (Å²) >= 11 is 0. The summed E-state index contributed by atoms with van der Waals surface area (Å²) in [6.45, 7) is 10.3. The van der Waals surface area contributed by atoms with Gasteiger partial charge in [-0.1, -0.05) is 13.0 Å². The van der Waals surface area contributed by atoms with Gasteiger partial charge in [0.25, 0.3) is 0 Å². The third kappa shape index (κ3) is 2.53. The molecule has 3 nitrogen and oxygen atoms in total. The summed E-state index contributed by atoms with van der Waals surface area (Å²) in [6.07, 6.45) is 2.19. The molecule has 0 bridgehead atoms. The van der Waals surface area contributed by atoms with Crippen LogP contribution in [0.25, 0.3) is 5.52 Å². The van der Waals surface area contributed by atoms with Crippen LogP contribution in [0.4, 0.5) is 0 Å². The lowest BCUT2D eigenvalue weighted by Gasteiger charge is -2.30. The van der Waals surface area contributed by atoms with Crippen molar-refractivity contribution < 1.29 is 0 Å². The van der Waals surface area contributed by atoms with Crippen molar-refractivity contribution in [3.63, 3.8) is 0 Å². The van der Waals surface area contributed by atoms with E-state index in [9.17, 15) is 0 Å². The number of nitrogens with one attached hydrogen (secondary N) is 1. The second-order valence-electron chi connectivity index (χ2n) is 5.66. The van der Waals surface area contributed by atoms with Gasteiger partial charge in [-0.25, -0.2) is 0 Å². The normalized spacial score (nSPS) is 18.8. The highest BCUT2D eigenvalue weighted by Gasteiger charge is 2.18. The molecule has 1 saturated heterocycles. The number of hydrogen-bond donors (Lipinski definition) is 1. The summed E-state index contributed by atoms with van der Waals surface area (Å²) in [6, 6.07) is 8.71. The molecule has 3 rings (SSSR count). The number of nitrogens with zero attached hydrogens (tertiary/aromatic N) is 2. The van der Waals surface area contributed by atoms with Gasteiger partial charge in [-0.3, -0.25) is 0 Å². The third-order valence-electron chi connectivity index (χ3n) is 4.13. The van der Waals surface area contributed by atoms with E-state index in [1.807, 2.05) is 0 Å². The molecule has 0 aliphatic carbocycles. The van der Waals surface area contributed by atoms with Gasteiger partial charge < -0.3 is 14.6 Å². The van der Waals surface area contributed by atoms with Gasteiger partial charge in [0.05, 0.1) is 0 Å². The molecule has 102 valence electrons. The number of piperazine rings is 1. The molecule has 0 amide bonds. The van der Waals surface area contributed by atoms with Gasteiger partial charge >= 0.3 is 0 Å². The molecule has 3 heterocycles. The first kappa shape index (κ1) is 12.7. The van der Waals surface area contributed by atoms with Crippen LogP contribution in [0, 0.1) is 6.92 Å². The average molecular weight is 257 g/mol. The molecule has 2 aromatic rings. The zero-order chi connectivity index (χ0) is 13.2. The van der Waals surface area contributed by atoms with Crippen LogP contribution < -0.4 is 5.32 Å². The fraction of sp³-hybridized carbons (Fsp3) is 0.500. The summed E-state index contributed by atoms with van der Waals surface area (Å²) in [5.41, 5.74) is 4.19. The van der Waals surface area contributed by atoms with Crippen LogP contribution in [-0.4, -0.2) is 42.0 Å². The minimum absolute atomic E-state index is 0.572. The van der Waals surface area contributed by atoms with E-state index in [1.165, 1.54) is 29.9 Å². The number of fused-ring (bicyclic) bond motifs is 1. The van der Waals surface area contributed by atoms with E-state index in [0.717, 1.165) is 19.6 Å². The molecular weight excluding hydrogens is 234 g/mol.